The van der Waals surface area contributed by atoms with Crippen molar-refractivity contribution >= 4 is 17.2 Å². The van der Waals surface area contributed by atoms with Gasteiger partial charge in [-0.3, -0.25) is 4.79 Å². The molecule has 4 N–H and O–H groups in total. The molecule has 0 saturated heterocycles. The van der Waals surface area contributed by atoms with E-state index in [1.54, 1.807) is 0 Å². The van der Waals surface area contributed by atoms with E-state index in [1.807, 2.05) is 18.4 Å². The molecule has 0 saturated carbocycles. The number of carbonyl (C=O) groups is 1. The number of nitrogens with two attached hydrogens (primary N) is 2. The van der Waals surface area contributed by atoms with Crippen molar-refractivity contribution in [3.8, 4) is 0 Å². The molecule has 0 bridgehead atoms. The van der Waals surface area contributed by atoms with Crippen LogP contribution in [-0.4, -0.2) is 5.91 Å². The van der Waals surface area contributed by atoms with Crippen LogP contribution >= 0.6 is 11.3 Å². The van der Waals surface area contributed by atoms with Crippen molar-refractivity contribution in [1.29, 1.82) is 0 Å². The highest BCUT2D eigenvalue weighted by Crippen LogP contribution is 2.21. The van der Waals surface area contributed by atoms with Gasteiger partial charge in [0.1, 0.15) is 6.04 Å². The second kappa shape index (κ2) is 3.02. The van der Waals surface area contributed by atoms with Crippen molar-refractivity contribution in [1.82, 2.24) is 0 Å². The summed E-state index contributed by atoms with van der Waals surface area (Å²) >= 11 is 1.46. The molecule has 1 rings (SSSR count). The number of thiophene rings is 1. The van der Waals surface area contributed by atoms with Gasteiger partial charge >= 0.3 is 0 Å². The molecule has 3 nitrogen and oxygen atoms in total. The van der Waals surface area contributed by atoms with Gasteiger partial charge in [-0.25, -0.2) is 0 Å². The highest BCUT2D eigenvalue weighted by molar-refractivity contribution is 7.10. The number of amides is 1. The Kier molecular flexibility index (Phi) is 2.26. The average molecular weight is 170 g/mol. The second-order valence-electron chi connectivity index (χ2n) is 2.35. The molecule has 1 atom stereocenters. The summed E-state index contributed by atoms with van der Waals surface area (Å²) < 4.78 is 0. The summed E-state index contributed by atoms with van der Waals surface area (Å²) in [6.45, 7) is 1.91. The maximum absolute atomic E-state index is 10.7. The number of hydrogen-bond acceptors (Lipinski definition) is 3. The minimum Gasteiger partial charge on any atom is -0.368 e. The maximum atomic E-state index is 10.7. The van der Waals surface area contributed by atoms with E-state index < -0.39 is 11.9 Å². The summed E-state index contributed by atoms with van der Waals surface area (Å²) in [4.78, 5) is 11.5. The average Bonchev–Trinajstić information content (AvgIpc) is 2.33. The van der Waals surface area contributed by atoms with Crippen molar-refractivity contribution < 1.29 is 4.79 Å². The lowest BCUT2D eigenvalue weighted by molar-refractivity contribution is -0.119. The Morgan fingerprint density at radius 2 is 2.36 bits per heavy atom. The van der Waals surface area contributed by atoms with Crippen LogP contribution in [0.1, 0.15) is 16.5 Å². The number of rotatable bonds is 2. The molecule has 60 valence electrons. The van der Waals surface area contributed by atoms with Crippen molar-refractivity contribution in [2.24, 2.45) is 11.5 Å². The summed E-state index contributed by atoms with van der Waals surface area (Å²) in [6.07, 6.45) is 0. The molecule has 4 heteroatoms. The molecule has 1 aromatic rings. The molecule has 0 aliphatic heterocycles. The van der Waals surface area contributed by atoms with Gasteiger partial charge in [-0.15, -0.1) is 11.3 Å². The highest BCUT2D eigenvalue weighted by atomic mass is 32.1. The smallest absolute Gasteiger partial charge is 0.239 e. The van der Waals surface area contributed by atoms with E-state index in [9.17, 15) is 4.79 Å². The lowest BCUT2D eigenvalue weighted by atomic mass is 10.2. The molecular formula is C7H10N2OS. The van der Waals surface area contributed by atoms with E-state index in [0.29, 0.717) is 0 Å². The van der Waals surface area contributed by atoms with Crippen LogP contribution in [0.5, 0.6) is 0 Å². The van der Waals surface area contributed by atoms with E-state index in [2.05, 4.69) is 0 Å². The summed E-state index contributed by atoms with van der Waals surface area (Å²) in [5.74, 6) is -0.476. The summed E-state index contributed by atoms with van der Waals surface area (Å²) in [5, 5.41) is 1.90. The molecule has 0 fully saturated rings. The number of carbonyl (C=O) groups excluding carboxylic acids is 1. The van der Waals surface area contributed by atoms with Gasteiger partial charge in [0.15, 0.2) is 0 Å². The maximum Gasteiger partial charge on any atom is 0.239 e. The molecule has 0 radical (unpaired) electrons. The normalized spacial score (nSPS) is 12.9. The van der Waals surface area contributed by atoms with Gasteiger partial charge in [0.2, 0.25) is 5.91 Å². The van der Waals surface area contributed by atoms with E-state index in [4.69, 9.17) is 11.5 Å². The van der Waals surface area contributed by atoms with Crippen molar-refractivity contribution in [3.63, 3.8) is 0 Å². The zero-order valence-corrected chi connectivity index (χ0v) is 7.02. The van der Waals surface area contributed by atoms with Crippen molar-refractivity contribution in [2.75, 3.05) is 0 Å². The van der Waals surface area contributed by atoms with Gasteiger partial charge in [-0.05, 0) is 23.9 Å². The van der Waals surface area contributed by atoms with Crippen LogP contribution in [0.4, 0.5) is 0 Å². The third-order valence-corrected chi connectivity index (χ3v) is 2.59. The molecule has 1 aromatic heterocycles. The largest absolute Gasteiger partial charge is 0.368 e. The fourth-order valence-corrected chi connectivity index (χ4v) is 1.77. The first-order valence-electron chi connectivity index (χ1n) is 3.22. The van der Waals surface area contributed by atoms with Gasteiger partial charge in [0.05, 0.1) is 0 Å². The van der Waals surface area contributed by atoms with Gasteiger partial charge in [-0.1, -0.05) is 0 Å². The van der Waals surface area contributed by atoms with Crippen LogP contribution in [0.3, 0.4) is 0 Å². The second-order valence-corrected chi connectivity index (χ2v) is 3.30. The molecule has 0 aromatic carbocycles. The molecule has 1 amide bonds. The van der Waals surface area contributed by atoms with Crippen LogP contribution < -0.4 is 11.5 Å². The summed E-state index contributed by atoms with van der Waals surface area (Å²) in [6, 6.07) is 1.28. The standard InChI is InChI=1S/C7H10N2OS/c1-4-2-3-11-6(4)5(8)7(9)10/h2-3,5H,8H2,1H3,(H2,9,10). The van der Waals surface area contributed by atoms with Gasteiger partial charge in [0, 0.05) is 4.88 Å². The predicted octanol–water partition coefficient (Wildman–Crippen LogP) is 0.542. The minimum absolute atomic E-state index is 0.476. The predicted molar refractivity (Wildman–Crippen MR) is 45.2 cm³/mol. The fraction of sp³-hybridized carbons (Fsp3) is 0.286. The van der Waals surface area contributed by atoms with Crippen LogP contribution in [0, 0.1) is 6.92 Å². The Balaban J connectivity index is 2.92. The highest BCUT2D eigenvalue weighted by Gasteiger charge is 2.14. The summed E-state index contributed by atoms with van der Waals surface area (Å²) in [5.41, 5.74) is 11.6. The Morgan fingerprint density at radius 3 is 2.73 bits per heavy atom. The molecule has 0 spiro atoms. The zero-order valence-electron chi connectivity index (χ0n) is 6.20. The minimum atomic E-state index is -0.644. The van der Waals surface area contributed by atoms with E-state index in [0.717, 1.165) is 10.4 Å². The molecular weight excluding hydrogens is 160 g/mol. The van der Waals surface area contributed by atoms with Crippen LogP contribution in [-0.2, 0) is 4.79 Å². The van der Waals surface area contributed by atoms with Crippen molar-refractivity contribution in [2.45, 2.75) is 13.0 Å². The quantitative estimate of drug-likeness (QED) is 0.680. The molecule has 1 unspecified atom stereocenters. The molecule has 0 aliphatic carbocycles. The van der Waals surface area contributed by atoms with E-state index >= 15 is 0 Å². The Bertz CT molecular complexity index is 269. The lowest BCUT2D eigenvalue weighted by Gasteiger charge is -2.04. The third kappa shape index (κ3) is 1.58. The molecule has 1 heterocycles. The van der Waals surface area contributed by atoms with E-state index in [1.165, 1.54) is 11.3 Å². The SMILES string of the molecule is Cc1ccsc1C(N)C(N)=O. The molecule has 0 aliphatic rings. The number of primary amides is 1. The lowest BCUT2D eigenvalue weighted by Crippen LogP contribution is -2.27. The Labute approximate surface area is 69.0 Å². The molecule has 11 heavy (non-hydrogen) atoms. The number of aryl methyl sites for hydroxylation is 1. The van der Waals surface area contributed by atoms with Crippen LogP contribution in [0.2, 0.25) is 0 Å². The number of hydrogen-bond donors (Lipinski definition) is 2. The van der Waals surface area contributed by atoms with E-state index in [-0.39, 0.29) is 0 Å². The van der Waals surface area contributed by atoms with Gasteiger partial charge in [-0.2, -0.15) is 0 Å². The third-order valence-electron chi connectivity index (χ3n) is 1.49. The van der Waals surface area contributed by atoms with Crippen LogP contribution in [0.25, 0.3) is 0 Å². The zero-order chi connectivity index (χ0) is 8.43. The fourth-order valence-electron chi connectivity index (χ4n) is 0.832. The topological polar surface area (TPSA) is 69.1 Å². The van der Waals surface area contributed by atoms with Gasteiger partial charge in [0.25, 0.3) is 0 Å². The Morgan fingerprint density at radius 1 is 1.73 bits per heavy atom. The van der Waals surface area contributed by atoms with Gasteiger partial charge < -0.3 is 11.5 Å². The Hall–Kier alpha value is -0.870. The monoisotopic (exact) mass is 170 g/mol. The first-order valence-corrected chi connectivity index (χ1v) is 4.09. The first-order chi connectivity index (χ1) is 5.13. The first kappa shape index (κ1) is 8.23. The van der Waals surface area contributed by atoms with Crippen LogP contribution in [0.15, 0.2) is 11.4 Å². The van der Waals surface area contributed by atoms with Crippen molar-refractivity contribution in [3.05, 3.63) is 21.9 Å². The summed E-state index contributed by atoms with van der Waals surface area (Å²) in [7, 11) is 0.